The van der Waals surface area contributed by atoms with E-state index in [1.807, 2.05) is 0 Å². The van der Waals surface area contributed by atoms with Gasteiger partial charge in [0, 0.05) is 44.4 Å². The summed E-state index contributed by atoms with van der Waals surface area (Å²) < 4.78 is 24.2. The van der Waals surface area contributed by atoms with Crippen LogP contribution in [0, 0.1) is 0 Å². The second-order valence-corrected chi connectivity index (χ2v) is 6.90. The van der Waals surface area contributed by atoms with Crippen LogP contribution in [0.3, 0.4) is 0 Å². The van der Waals surface area contributed by atoms with E-state index in [1.54, 1.807) is 17.3 Å². The van der Waals surface area contributed by atoms with Gasteiger partial charge in [-0.3, -0.25) is 4.79 Å². The van der Waals surface area contributed by atoms with Crippen molar-refractivity contribution in [2.24, 2.45) is 0 Å². The van der Waals surface area contributed by atoms with Crippen LogP contribution in [-0.4, -0.2) is 55.1 Å². The summed E-state index contributed by atoms with van der Waals surface area (Å²) in [6, 6.07) is 0. The number of aromatic amines is 1. The fourth-order valence-corrected chi connectivity index (χ4v) is 2.90. The summed E-state index contributed by atoms with van der Waals surface area (Å²) in [5.41, 5.74) is 0. The maximum absolute atomic E-state index is 12.1. The number of nitrogens with one attached hydrogen (secondary N) is 2. The summed E-state index contributed by atoms with van der Waals surface area (Å²) in [6.45, 7) is 1.53. The highest BCUT2D eigenvalue weighted by molar-refractivity contribution is 7.88. The normalized spacial score (nSPS) is 20.1. The monoisotopic (exact) mass is 300 g/mol. The molecule has 0 aliphatic carbocycles. The number of amides is 1. The molecule has 20 heavy (non-hydrogen) atoms. The molecule has 0 spiro atoms. The molecule has 0 radical (unpaired) electrons. The third-order valence-corrected chi connectivity index (χ3v) is 4.11. The second kappa shape index (κ2) is 6.36. The number of carbonyl (C=O) groups is 1. The lowest BCUT2D eigenvalue weighted by molar-refractivity contribution is -0.132. The Hall–Kier alpha value is -1.41. The molecule has 2 N–H and O–H groups in total. The van der Waals surface area contributed by atoms with Crippen LogP contribution >= 0.6 is 0 Å². The highest BCUT2D eigenvalue weighted by atomic mass is 32.2. The third-order valence-electron chi connectivity index (χ3n) is 3.38. The van der Waals surface area contributed by atoms with Gasteiger partial charge in [-0.25, -0.2) is 18.1 Å². The Morgan fingerprint density at radius 2 is 2.40 bits per heavy atom. The van der Waals surface area contributed by atoms with E-state index in [1.165, 1.54) is 0 Å². The predicted octanol–water partition coefficient (Wildman–Crippen LogP) is 0.0550. The lowest BCUT2D eigenvalue weighted by Gasteiger charge is -2.32. The van der Waals surface area contributed by atoms with Gasteiger partial charge in [-0.2, -0.15) is 0 Å². The van der Waals surface area contributed by atoms with Gasteiger partial charge in [-0.15, -0.1) is 0 Å². The number of piperidine rings is 1. The zero-order valence-corrected chi connectivity index (χ0v) is 12.3. The summed E-state index contributed by atoms with van der Waals surface area (Å²) in [6.07, 6.45) is 6.73. The van der Waals surface area contributed by atoms with Crippen LogP contribution in [0.4, 0.5) is 0 Å². The van der Waals surface area contributed by atoms with Gasteiger partial charge in [-0.1, -0.05) is 0 Å². The van der Waals surface area contributed by atoms with Crippen molar-refractivity contribution in [1.82, 2.24) is 19.6 Å². The number of sulfonamides is 1. The highest BCUT2D eigenvalue weighted by Crippen LogP contribution is 2.24. The maximum Gasteiger partial charge on any atom is 0.223 e. The summed E-state index contributed by atoms with van der Waals surface area (Å²) in [4.78, 5) is 21.2. The molecule has 0 aromatic carbocycles. The Bertz CT molecular complexity index is 541. The second-order valence-electron chi connectivity index (χ2n) is 5.07. The molecule has 112 valence electrons. The minimum atomic E-state index is -3.23. The van der Waals surface area contributed by atoms with Crippen molar-refractivity contribution in [2.75, 3.05) is 25.9 Å². The minimum Gasteiger partial charge on any atom is -0.348 e. The number of hydrogen-bond acceptors (Lipinski definition) is 4. The van der Waals surface area contributed by atoms with Crippen molar-refractivity contribution >= 4 is 15.9 Å². The molecule has 1 saturated heterocycles. The number of aromatic nitrogens is 2. The van der Waals surface area contributed by atoms with Gasteiger partial charge < -0.3 is 9.88 Å². The molecule has 1 fully saturated rings. The van der Waals surface area contributed by atoms with E-state index in [0.29, 0.717) is 6.54 Å². The first-order chi connectivity index (χ1) is 9.46. The average molecular weight is 300 g/mol. The van der Waals surface area contributed by atoms with Crippen LogP contribution < -0.4 is 4.72 Å². The Kier molecular flexibility index (Phi) is 4.77. The molecule has 1 aromatic heterocycles. The molecule has 7 nitrogen and oxygen atoms in total. The molecular weight excluding hydrogens is 280 g/mol. The molecule has 0 bridgehead atoms. The zero-order chi connectivity index (χ0) is 14.6. The van der Waals surface area contributed by atoms with Crippen LogP contribution in [-0.2, 0) is 14.8 Å². The Balaban J connectivity index is 1.84. The fraction of sp³-hybridized carbons (Fsp3) is 0.667. The van der Waals surface area contributed by atoms with Crippen LogP contribution in [0.2, 0.25) is 0 Å². The third kappa shape index (κ3) is 4.31. The Morgan fingerprint density at radius 1 is 1.60 bits per heavy atom. The first-order valence-corrected chi connectivity index (χ1v) is 8.56. The number of carbonyl (C=O) groups excluding carboxylic acids is 1. The molecule has 1 aromatic rings. The molecule has 0 saturated carbocycles. The van der Waals surface area contributed by atoms with Gasteiger partial charge in [0.1, 0.15) is 5.82 Å². The summed E-state index contributed by atoms with van der Waals surface area (Å²) in [5, 5.41) is 0. The van der Waals surface area contributed by atoms with Crippen molar-refractivity contribution in [3.63, 3.8) is 0 Å². The average Bonchev–Trinajstić information content (AvgIpc) is 2.91. The van der Waals surface area contributed by atoms with Crippen LogP contribution in [0.25, 0.3) is 0 Å². The molecule has 8 heteroatoms. The Labute approximate surface area is 118 Å². The van der Waals surface area contributed by atoms with Crippen LogP contribution in [0.15, 0.2) is 12.4 Å². The van der Waals surface area contributed by atoms with Crippen LogP contribution in [0.5, 0.6) is 0 Å². The number of nitrogens with zero attached hydrogens (tertiary/aromatic N) is 2. The van der Waals surface area contributed by atoms with Crippen molar-refractivity contribution in [2.45, 2.75) is 25.2 Å². The van der Waals surface area contributed by atoms with Crippen molar-refractivity contribution in [3.8, 4) is 0 Å². The topological polar surface area (TPSA) is 95.2 Å². The molecule has 1 aliphatic rings. The summed E-state index contributed by atoms with van der Waals surface area (Å²) >= 11 is 0. The maximum atomic E-state index is 12.1. The lowest BCUT2D eigenvalue weighted by Crippen LogP contribution is -2.40. The van der Waals surface area contributed by atoms with Gasteiger partial charge >= 0.3 is 0 Å². The van der Waals surface area contributed by atoms with Crippen molar-refractivity contribution < 1.29 is 13.2 Å². The van der Waals surface area contributed by atoms with Crippen molar-refractivity contribution in [3.05, 3.63) is 18.2 Å². The quantitative estimate of drug-likeness (QED) is 0.803. The van der Waals surface area contributed by atoms with Gasteiger partial charge in [0.2, 0.25) is 15.9 Å². The first kappa shape index (κ1) is 15.0. The summed E-state index contributed by atoms with van der Waals surface area (Å²) in [5.74, 6) is 1.14. The predicted molar refractivity (Wildman–Crippen MR) is 74.6 cm³/mol. The van der Waals surface area contributed by atoms with Gasteiger partial charge in [-0.05, 0) is 12.8 Å². The van der Waals surface area contributed by atoms with E-state index in [-0.39, 0.29) is 24.8 Å². The SMILES string of the molecule is CS(=O)(=O)NCCC(=O)N1CCC[C@@H](c2ncc[nH]2)C1. The van der Waals surface area contributed by atoms with E-state index in [9.17, 15) is 13.2 Å². The van der Waals surface area contributed by atoms with E-state index in [4.69, 9.17) is 0 Å². The van der Waals surface area contributed by atoms with Crippen LogP contribution in [0.1, 0.15) is 31.0 Å². The molecule has 2 rings (SSSR count). The first-order valence-electron chi connectivity index (χ1n) is 6.67. The van der Waals surface area contributed by atoms with Gasteiger partial charge in [0.15, 0.2) is 0 Å². The fourth-order valence-electron chi connectivity index (χ4n) is 2.43. The van der Waals surface area contributed by atoms with E-state index >= 15 is 0 Å². The number of imidazole rings is 1. The van der Waals surface area contributed by atoms with E-state index in [2.05, 4.69) is 14.7 Å². The summed E-state index contributed by atoms with van der Waals surface area (Å²) in [7, 11) is -3.23. The van der Waals surface area contributed by atoms with E-state index < -0.39 is 10.0 Å². The number of rotatable bonds is 5. The molecule has 1 atom stereocenters. The lowest BCUT2D eigenvalue weighted by atomic mass is 9.97. The van der Waals surface area contributed by atoms with Gasteiger partial charge in [0.25, 0.3) is 0 Å². The van der Waals surface area contributed by atoms with Gasteiger partial charge in [0.05, 0.1) is 6.26 Å². The number of H-pyrrole nitrogens is 1. The molecule has 2 heterocycles. The number of likely N-dealkylation sites (tertiary alicyclic amines) is 1. The molecule has 0 unspecified atom stereocenters. The smallest absolute Gasteiger partial charge is 0.223 e. The Morgan fingerprint density at radius 3 is 3.05 bits per heavy atom. The van der Waals surface area contributed by atoms with E-state index in [0.717, 1.165) is 31.5 Å². The molecule has 1 aliphatic heterocycles. The largest absolute Gasteiger partial charge is 0.348 e. The highest BCUT2D eigenvalue weighted by Gasteiger charge is 2.25. The minimum absolute atomic E-state index is 0.0163. The zero-order valence-electron chi connectivity index (χ0n) is 11.5. The van der Waals surface area contributed by atoms with Crippen molar-refractivity contribution in [1.29, 1.82) is 0 Å². The molecule has 1 amide bonds. The number of hydrogen-bond donors (Lipinski definition) is 2. The molecular formula is C12H20N4O3S. The standard InChI is InChI=1S/C12H20N4O3S/c1-20(18,19)15-5-4-11(17)16-8-2-3-10(9-16)12-13-6-7-14-12/h6-7,10,15H,2-5,8-9H2,1H3,(H,13,14)/t10-/m1/s1.